The molecule has 21 heavy (non-hydrogen) atoms. The standard InChI is InChI=1S/C19H32O2/c1-2-3-7-14-19(20)15-10-4-5-11-16-21-17-18-12-8-6-9-13-18/h6,8-9,12-13,19-20H,2-5,7,10-11,14-17H2,1H3/t19-/m1/s1. The average Bonchev–Trinajstić information content (AvgIpc) is 2.51. The third-order valence-corrected chi connectivity index (χ3v) is 3.83. The van der Waals surface area contributed by atoms with E-state index in [-0.39, 0.29) is 6.10 Å². The second-order valence-electron chi connectivity index (χ2n) is 5.89. The summed E-state index contributed by atoms with van der Waals surface area (Å²) in [7, 11) is 0. The molecule has 0 bridgehead atoms. The van der Waals surface area contributed by atoms with Crippen LogP contribution in [0.25, 0.3) is 0 Å². The van der Waals surface area contributed by atoms with Crippen LogP contribution in [0.15, 0.2) is 30.3 Å². The molecule has 0 unspecified atom stereocenters. The van der Waals surface area contributed by atoms with E-state index in [4.69, 9.17) is 4.74 Å². The van der Waals surface area contributed by atoms with Gasteiger partial charge in [0.1, 0.15) is 0 Å². The van der Waals surface area contributed by atoms with Crippen molar-refractivity contribution in [1.82, 2.24) is 0 Å². The summed E-state index contributed by atoms with van der Waals surface area (Å²) in [5.41, 5.74) is 1.24. The van der Waals surface area contributed by atoms with E-state index in [1.807, 2.05) is 18.2 Å². The number of hydrogen-bond donors (Lipinski definition) is 1. The Hall–Kier alpha value is -0.860. The molecular weight excluding hydrogens is 260 g/mol. The molecule has 1 aromatic rings. The number of ether oxygens (including phenoxy) is 1. The molecule has 0 aliphatic rings. The summed E-state index contributed by atoms with van der Waals surface area (Å²) in [5.74, 6) is 0. The fourth-order valence-corrected chi connectivity index (χ4v) is 2.48. The smallest absolute Gasteiger partial charge is 0.0716 e. The van der Waals surface area contributed by atoms with Crippen molar-refractivity contribution in [1.29, 1.82) is 0 Å². The first-order valence-corrected chi connectivity index (χ1v) is 8.62. The Kier molecular flexibility index (Phi) is 11.1. The third kappa shape index (κ3) is 10.5. The van der Waals surface area contributed by atoms with Gasteiger partial charge in [0.25, 0.3) is 0 Å². The van der Waals surface area contributed by atoms with Crippen LogP contribution in [-0.2, 0) is 11.3 Å². The van der Waals surface area contributed by atoms with Crippen LogP contribution < -0.4 is 0 Å². The van der Waals surface area contributed by atoms with Crippen LogP contribution in [-0.4, -0.2) is 17.8 Å². The lowest BCUT2D eigenvalue weighted by Gasteiger charge is -2.09. The summed E-state index contributed by atoms with van der Waals surface area (Å²) >= 11 is 0. The molecule has 1 N–H and O–H groups in total. The average molecular weight is 292 g/mol. The highest BCUT2D eigenvalue weighted by Crippen LogP contribution is 2.11. The first-order valence-electron chi connectivity index (χ1n) is 8.62. The highest BCUT2D eigenvalue weighted by molar-refractivity contribution is 5.13. The molecule has 0 saturated carbocycles. The SMILES string of the molecule is CCCCC[C@@H](O)CCCCCCOCc1ccccc1. The summed E-state index contributed by atoms with van der Waals surface area (Å²) in [6, 6.07) is 10.3. The van der Waals surface area contributed by atoms with Crippen molar-refractivity contribution >= 4 is 0 Å². The van der Waals surface area contributed by atoms with Gasteiger partial charge >= 0.3 is 0 Å². The van der Waals surface area contributed by atoms with Gasteiger partial charge in [0.05, 0.1) is 12.7 Å². The molecule has 0 aliphatic carbocycles. The van der Waals surface area contributed by atoms with Crippen molar-refractivity contribution < 1.29 is 9.84 Å². The molecule has 2 nitrogen and oxygen atoms in total. The summed E-state index contributed by atoms with van der Waals surface area (Å²) in [6.45, 7) is 3.76. The Balaban J connectivity index is 1.84. The molecule has 1 aromatic carbocycles. The fraction of sp³-hybridized carbons (Fsp3) is 0.684. The van der Waals surface area contributed by atoms with Gasteiger partial charge in [-0.2, -0.15) is 0 Å². The third-order valence-electron chi connectivity index (χ3n) is 3.83. The first kappa shape index (κ1) is 18.2. The van der Waals surface area contributed by atoms with Crippen molar-refractivity contribution in [2.45, 2.75) is 77.4 Å². The van der Waals surface area contributed by atoms with Gasteiger partial charge in [-0.1, -0.05) is 75.8 Å². The maximum absolute atomic E-state index is 9.82. The van der Waals surface area contributed by atoms with Gasteiger partial charge in [0.2, 0.25) is 0 Å². The van der Waals surface area contributed by atoms with Crippen LogP contribution in [0.1, 0.15) is 70.3 Å². The lowest BCUT2D eigenvalue weighted by molar-refractivity contribution is 0.115. The molecule has 1 atom stereocenters. The number of unbranched alkanes of at least 4 members (excludes halogenated alkanes) is 5. The minimum absolute atomic E-state index is 0.0779. The largest absolute Gasteiger partial charge is 0.393 e. The van der Waals surface area contributed by atoms with E-state index < -0.39 is 0 Å². The number of aliphatic hydroxyl groups is 1. The summed E-state index contributed by atoms with van der Waals surface area (Å²) in [6.07, 6.45) is 10.2. The molecule has 0 fully saturated rings. The van der Waals surface area contributed by atoms with Crippen molar-refractivity contribution in [3.8, 4) is 0 Å². The van der Waals surface area contributed by atoms with E-state index in [0.29, 0.717) is 0 Å². The van der Waals surface area contributed by atoms with E-state index in [1.165, 1.54) is 37.7 Å². The second kappa shape index (κ2) is 12.8. The minimum Gasteiger partial charge on any atom is -0.393 e. The molecule has 0 amide bonds. The Morgan fingerprint density at radius 1 is 0.905 bits per heavy atom. The fourth-order valence-electron chi connectivity index (χ4n) is 2.48. The van der Waals surface area contributed by atoms with E-state index >= 15 is 0 Å². The molecule has 0 radical (unpaired) electrons. The first-order chi connectivity index (χ1) is 10.3. The highest BCUT2D eigenvalue weighted by Gasteiger charge is 2.03. The molecular formula is C19H32O2. The van der Waals surface area contributed by atoms with Crippen LogP contribution >= 0.6 is 0 Å². The van der Waals surface area contributed by atoms with E-state index in [1.54, 1.807) is 0 Å². The molecule has 1 rings (SSSR count). The molecule has 0 saturated heterocycles. The van der Waals surface area contributed by atoms with Gasteiger partial charge in [-0.05, 0) is 24.8 Å². The van der Waals surface area contributed by atoms with Crippen molar-refractivity contribution in [3.63, 3.8) is 0 Å². The van der Waals surface area contributed by atoms with Gasteiger partial charge in [-0.25, -0.2) is 0 Å². The minimum atomic E-state index is -0.0779. The molecule has 0 aliphatic heterocycles. The van der Waals surface area contributed by atoms with Gasteiger partial charge in [-0.3, -0.25) is 0 Å². The van der Waals surface area contributed by atoms with Crippen molar-refractivity contribution in [2.24, 2.45) is 0 Å². The van der Waals surface area contributed by atoms with Crippen LogP contribution in [0.3, 0.4) is 0 Å². The summed E-state index contributed by atoms with van der Waals surface area (Å²) < 4.78 is 5.66. The van der Waals surface area contributed by atoms with Crippen molar-refractivity contribution in [3.05, 3.63) is 35.9 Å². The molecule has 0 heterocycles. The Labute approximate surface area is 130 Å². The van der Waals surface area contributed by atoms with Gasteiger partial charge in [-0.15, -0.1) is 0 Å². The predicted octanol–water partition coefficient (Wildman–Crippen LogP) is 5.09. The van der Waals surface area contributed by atoms with Crippen LogP contribution in [0, 0.1) is 0 Å². The quantitative estimate of drug-likeness (QED) is 0.513. The van der Waals surface area contributed by atoms with E-state index in [9.17, 15) is 5.11 Å². The Morgan fingerprint density at radius 3 is 2.29 bits per heavy atom. The summed E-state index contributed by atoms with van der Waals surface area (Å²) in [4.78, 5) is 0. The van der Waals surface area contributed by atoms with Crippen LogP contribution in [0.4, 0.5) is 0 Å². The number of hydrogen-bond acceptors (Lipinski definition) is 2. The van der Waals surface area contributed by atoms with Crippen LogP contribution in [0.5, 0.6) is 0 Å². The lowest BCUT2D eigenvalue weighted by atomic mass is 10.0. The topological polar surface area (TPSA) is 29.5 Å². The monoisotopic (exact) mass is 292 g/mol. The molecule has 120 valence electrons. The Bertz CT molecular complexity index is 324. The zero-order chi connectivity index (χ0) is 15.2. The lowest BCUT2D eigenvalue weighted by Crippen LogP contribution is -2.05. The van der Waals surface area contributed by atoms with Gasteiger partial charge < -0.3 is 9.84 Å². The van der Waals surface area contributed by atoms with Gasteiger partial charge in [0.15, 0.2) is 0 Å². The van der Waals surface area contributed by atoms with Gasteiger partial charge in [0, 0.05) is 6.61 Å². The predicted molar refractivity (Wildman–Crippen MR) is 89.3 cm³/mol. The normalized spacial score (nSPS) is 12.5. The maximum atomic E-state index is 9.82. The number of aliphatic hydroxyl groups excluding tert-OH is 1. The molecule has 0 aromatic heterocycles. The number of rotatable bonds is 13. The van der Waals surface area contributed by atoms with E-state index in [2.05, 4.69) is 19.1 Å². The summed E-state index contributed by atoms with van der Waals surface area (Å²) in [5, 5.41) is 9.82. The number of benzene rings is 1. The molecule has 0 spiro atoms. The second-order valence-corrected chi connectivity index (χ2v) is 5.89. The maximum Gasteiger partial charge on any atom is 0.0716 e. The van der Waals surface area contributed by atoms with Crippen molar-refractivity contribution in [2.75, 3.05) is 6.61 Å². The zero-order valence-electron chi connectivity index (χ0n) is 13.6. The van der Waals surface area contributed by atoms with E-state index in [0.717, 1.165) is 38.9 Å². The van der Waals surface area contributed by atoms with Crippen LogP contribution in [0.2, 0.25) is 0 Å². The molecule has 2 heteroatoms. The zero-order valence-corrected chi connectivity index (χ0v) is 13.6. The highest BCUT2D eigenvalue weighted by atomic mass is 16.5. The Morgan fingerprint density at radius 2 is 1.57 bits per heavy atom.